The number of aryl methyl sites for hydroxylation is 2. The van der Waals surface area contributed by atoms with Crippen LogP contribution in [0.25, 0.3) is 0 Å². The molecule has 0 aliphatic carbocycles. The second kappa shape index (κ2) is 8.73. The molecule has 0 aliphatic rings. The molecule has 0 bridgehead atoms. The molecule has 0 saturated carbocycles. The molecular weight excluding hydrogens is 302 g/mol. The number of carbonyl (C=O) groups excluding carboxylic acids is 1. The summed E-state index contributed by atoms with van der Waals surface area (Å²) in [5.41, 5.74) is 1.72. The number of hydrogen-bond acceptors (Lipinski definition) is 5. The Bertz CT molecular complexity index is 515. The molecule has 22 heavy (non-hydrogen) atoms. The van der Waals surface area contributed by atoms with Gasteiger partial charge >= 0.3 is 5.97 Å². The molecule has 122 valence electrons. The van der Waals surface area contributed by atoms with Gasteiger partial charge in [0.15, 0.2) is 5.16 Å². The third-order valence-corrected chi connectivity index (χ3v) is 3.79. The first-order valence-electron chi connectivity index (χ1n) is 7.22. The molecule has 0 aromatic carbocycles. The van der Waals surface area contributed by atoms with E-state index in [9.17, 15) is 9.59 Å². The summed E-state index contributed by atoms with van der Waals surface area (Å²) < 4.78 is 0. The molecule has 1 rings (SSSR count). The number of rotatable bonds is 8. The van der Waals surface area contributed by atoms with Gasteiger partial charge in [0.05, 0.1) is 11.7 Å². The molecule has 2 N–H and O–H groups in total. The standard InChI is InChI=1S/C15H23N3O3S/c1-9(2)5-12(14(20)21)7-16-13(19)8-22-15-17-10(3)6-11(4)18-15/h6,9,12H,5,7-8H2,1-4H3,(H,16,19)(H,20,21). The molecule has 0 radical (unpaired) electrons. The first kappa shape index (κ1) is 18.4. The van der Waals surface area contributed by atoms with Gasteiger partial charge in [0, 0.05) is 17.9 Å². The van der Waals surface area contributed by atoms with Gasteiger partial charge in [-0.05, 0) is 32.3 Å². The van der Waals surface area contributed by atoms with Crippen molar-refractivity contribution < 1.29 is 14.7 Å². The van der Waals surface area contributed by atoms with Crippen molar-refractivity contribution in [3.8, 4) is 0 Å². The highest BCUT2D eigenvalue weighted by Gasteiger charge is 2.19. The number of amides is 1. The summed E-state index contributed by atoms with van der Waals surface area (Å²) in [4.78, 5) is 31.4. The molecule has 0 spiro atoms. The van der Waals surface area contributed by atoms with Gasteiger partial charge in [0.2, 0.25) is 5.91 Å². The van der Waals surface area contributed by atoms with E-state index >= 15 is 0 Å². The van der Waals surface area contributed by atoms with Crippen molar-refractivity contribution >= 4 is 23.6 Å². The molecule has 0 aliphatic heterocycles. The monoisotopic (exact) mass is 325 g/mol. The Kier molecular flexibility index (Phi) is 7.31. The first-order valence-corrected chi connectivity index (χ1v) is 8.21. The first-order chi connectivity index (χ1) is 10.3. The van der Waals surface area contributed by atoms with E-state index in [-0.39, 0.29) is 24.1 Å². The number of carboxylic acids is 1. The van der Waals surface area contributed by atoms with Crippen LogP contribution in [0.3, 0.4) is 0 Å². The molecule has 1 heterocycles. The van der Waals surface area contributed by atoms with Gasteiger partial charge in [0.25, 0.3) is 0 Å². The fraction of sp³-hybridized carbons (Fsp3) is 0.600. The zero-order chi connectivity index (χ0) is 16.7. The third kappa shape index (κ3) is 6.89. The lowest BCUT2D eigenvalue weighted by atomic mass is 9.97. The summed E-state index contributed by atoms with van der Waals surface area (Å²) in [6.45, 7) is 7.83. The number of carboxylic acid groups (broad SMARTS) is 1. The molecule has 1 aromatic heterocycles. The number of aliphatic carboxylic acids is 1. The average Bonchev–Trinajstić information content (AvgIpc) is 2.39. The van der Waals surface area contributed by atoms with Crippen LogP contribution in [0.4, 0.5) is 0 Å². The van der Waals surface area contributed by atoms with E-state index in [0.29, 0.717) is 11.6 Å². The van der Waals surface area contributed by atoms with Crippen LogP contribution >= 0.6 is 11.8 Å². The maximum atomic E-state index is 11.8. The molecule has 0 saturated heterocycles. The summed E-state index contributed by atoms with van der Waals surface area (Å²) in [5, 5.41) is 12.4. The summed E-state index contributed by atoms with van der Waals surface area (Å²) in [7, 11) is 0. The van der Waals surface area contributed by atoms with E-state index in [0.717, 1.165) is 11.4 Å². The predicted molar refractivity (Wildman–Crippen MR) is 85.8 cm³/mol. The molecular formula is C15H23N3O3S. The normalized spacial score (nSPS) is 12.2. The average molecular weight is 325 g/mol. The Morgan fingerprint density at radius 2 is 1.86 bits per heavy atom. The van der Waals surface area contributed by atoms with Crippen LogP contribution in [0, 0.1) is 25.7 Å². The number of thioether (sulfide) groups is 1. The SMILES string of the molecule is Cc1cc(C)nc(SCC(=O)NCC(CC(C)C)C(=O)O)n1. The predicted octanol–water partition coefficient (Wildman–Crippen LogP) is 2.05. The fourth-order valence-electron chi connectivity index (χ4n) is 2.02. The second-order valence-electron chi connectivity index (χ2n) is 5.69. The lowest BCUT2D eigenvalue weighted by molar-refractivity contribution is -0.142. The number of aromatic nitrogens is 2. The smallest absolute Gasteiger partial charge is 0.308 e. The van der Waals surface area contributed by atoms with E-state index in [4.69, 9.17) is 5.11 Å². The minimum atomic E-state index is -0.876. The van der Waals surface area contributed by atoms with Gasteiger partial charge in [-0.2, -0.15) is 0 Å². The van der Waals surface area contributed by atoms with Gasteiger partial charge in [-0.3, -0.25) is 9.59 Å². The van der Waals surface area contributed by atoms with E-state index in [2.05, 4.69) is 15.3 Å². The third-order valence-electron chi connectivity index (χ3n) is 2.94. The van der Waals surface area contributed by atoms with E-state index in [1.807, 2.05) is 33.8 Å². The number of carbonyl (C=O) groups is 2. The lowest BCUT2D eigenvalue weighted by Gasteiger charge is -2.15. The Morgan fingerprint density at radius 1 is 1.27 bits per heavy atom. The summed E-state index contributed by atoms with van der Waals surface area (Å²) in [6, 6.07) is 1.87. The van der Waals surface area contributed by atoms with Crippen molar-refractivity contribution in [2.45, 2.75) is 39.3 Å². The zero-order valence-electron chi connectivity index (χ0n) is 13.4. The van der Waals surface area contributed by atoms with E-state index < -0.39 is 11.9 Å². The number of nitrogens with one attached hydrogen (secondary N) is 1. The lowest BCUT2D eigenvalue weighted by Crippen LogP contribution is -2.34. The van der Waals surface area contributed by atoms with Crippen molar-refractivity contribution in [2.24, 2.45) is 11.8 Å². The van der Waals surface area contributed by atoms with Crippen molar-refractivity contribution in [2.75, 3.05) is 12.3 Å². The molecule has 0 fully saturated rings. The Balaban J connectivity index is 2.44. The molecule has 1 atom stereocenters. The van der Waals surface area contributed by atoms with Gasteiger partial charge in [0.1, 0.15) is 0 Å². The quantitative estimate of drug-likeness (QED) is 0.561. The van der Waals surface area contributed by atoms with Gasteiger partial charge in [-0.25, -0.2) is 9.97 Å². The maximum absolute atomic E-state index is 11.8. The van der Waals surface area contributed by atoms with Gasteiger partial charge in [-0.1, -0.05) is 25.6 Å². The van der Waals surface area contributed by atoms with E-state index in [1.165, 1.54) is 11.8 Å². The highest BCUT2D eigenvalue weighted by Crippen LogP contribution is 2.14. The van der Waals surface area contributed by atoms with Crippen LogP contribution in [0.5, 0.6) is 0 Å². The van der Waals surface area contributed by atoms with Gasteiger partial charge in [-0.15, -0.1) is 0 Å². The zero-order valence-corrected chi connectivity index (χ0v) is 14.2. The number of nitrogens with zero attached hydrogens (tertiary/aromatic N) is 2. The maximum Gasteiger partial charge on any atom is 0.308 e. The Hall–Kier alpha value is -1.63. The van der Waals surface area contributed by atoms with E-state index in [1.54, 1.807) is 0 Å². The topological polar surface area (TPSA) is 92.2 Å². The molecule has 1 aromatic rings. The van der Waals surface area contributed by atoms with Crippen LogP contribution in [0.15, 0.2) is 11.2 Å². The van der Waals surface area contributed by atoms with Crippen molar-refractivity contribution in [3.05, 3.63) is 17.5 Å². The van der Waals surface area contributed by atoms with Crippen LogP contribution in [-0.4, -0.2) is 39.2 Å². The molecule has 1 amide bonds. The molecule has 6 nitrogen and oxygen atoms in total. The van der Waals surface area contributed by atoms with Gasteiger partial charge < -0.3 is 10.4 Å². The Morgan fingerprint density at radius 3 is 2.36 bits per heavy atom. The Labute approximate surface area is 135 Å². The highest BCUT2D eigenvalue weighted by molar-refractivity contribution is 7.99. The molecule has 1 unspecified atom stereocenters. The van der Waals surface area contributed by atoms with Crippen LogP contribution < -0.4 is 5.32 Å². The number of hydrogen-bond donors (Lipinski definition) is 2. The second-order valence-corrected chi connectivity index (χ2v) is 6.63. The summed E-state index contributed by atoms with van der Waals surface area (Å²) in [6.07, 6.45) is 0.545. The van der Waals surface area contributed by atoms with Crippen molar-refractivity contribution in [1.29, 1.82) is 0 Å². The minimum absolute atomic E-state index is 0.153. The van der Waals surface area contributed by atoms with Crippen molar-refractivity contribution in [3.63, 3.8) is 0 Å². The summed E-state index contributed by atoms with van der Waals surface area (Å²) >= 11 is 1.25. The minimum Gasteiger partial charge on any atom is -0.481 e. The van der Waals surface area contributed by atoms with Crippen molar-refractivity contribution in [1.82, 2.24) is 15.3 Å². The van der Waals surface area contributed by atoms with Crippen LogP contribution in [0.2, 0.25) is 0 Å². The van der Waals surface area contributed by atoms with Crippen LogP contribution in [0.1, 0.15) is 31.7 Å². The molecule has 7 heteroatoms. The fourth-order valence-corrected chi connectivity index (χ4v) is 2.80. The van der Waals surface area contributed by atoms with Crippen LogP contribution in [-0.2, 0) is 9.59 Å². The summed E-state index contributed by atoms with van der Waals surface area (Å²) in [5.74, 6) is -1.18. The highest BCUT2D eigenvalue weighted by atomic mass is 32.2. The largest absolute Gasteiger partial charge is 0.481 e.